The van der Waals surface area contributed by atoms with Gasteiger partial charge in [-0.05, 0) is 74.0 Å². The summed E-state index contributed by atoms with van der Waals surface area (Å²) in [6, 6.07) is 9.43. The molecule has 0 aliphatic carbocycles. The molecule has 0 saturated carbocycles. The van der Waals surface area contributed by atoms with E-state index in [-0.39, 0.29) is 30.1 Å². The van der Waals surface area contributed by atoms with Gasteiger partial charge in [0.05, 0.1) is 23.9 Å². The first kappa shape index (κ1) is 23.2. The Morgan fingerprint density at radius 3 is 2.68 bits per heavy atom. The number of rotatable bonds is 7. The fraction of sp³-hybridized carbons (Fsp3) is 0.304. The molecule has 0 radical (unpaired) electrons. The molecular formula is C23H25FN8O2. The number of nitrogens with one attached hydrogen (secondary N) is 1. The van der Waals surface area contributed by atoms with Gasteiger partial charge in [-0.2, -0.15) is 5.10 Å². The highest BCUT2D eigenvalue weighted by Crippen LogP contribution is 2.26. The number of nitrogens with zero attached hydrogens (tertiary/aromatic N) is 7. The van der Waals surface area contributed by atoms with E-state index < -0.39 is 11.7 Å². The van der Waals surface area contributed by atoms with Crippen LogP contribution in [0.25, 0.3) is 22.8 Å². The Bertz CT molecular complexity index is 1330. The molecule has 0 fully saturated rings. The molecule has 0 bridgehead atoms. The number of halogens is 1. The van der Waals surface area contributed by atoms with Crippen LogP contribution in [-0.2, 0) is 0 Å². The van der Waals surface area contributed by atoms with Crippen LogP contribution >= 0.6 is 0 Å². The summed E-state index contributed by atoms with van der Waals surface area (Å²) in [4.78, 5) is 17.4. The Hall–Kier alpha value is -3.99. The monoisotopic (exact) mass is 464 g/mol. The molecule has 1 aromatic carbocycles. The van der Waals surface area contributed by atoms with E-state index in [0.29, 0.717) is 28.3 Å². The second kappa shape index (κ2) is 9.48. The molecule has 1 atom stereocenters. The fourth-order valence-corrected chi connectivity index (χ4v) is 3.44. The zero-order valence-electron chi connectivity index (χ0n) is 19.3. The van der Waals surface area contributed by atoms with E-state index in [1.54, 1.807) is 36.7 Å². The van der Waals surface area contributed by atoms with Crippen molar-refractivity contribution in [2.45, 2.75) is 39.8 Å². The standard InChI is InChI=1S/C23H25FN8O2/c1-13(2)31-9-8-19(28-31)16-11-17(18(24)10-14(16)3)23(34)26-21-7-5-6-20(25-21)22-27-29-30-32(22)15(4)12-33/h5-11,13,15,33H,12H2,1-4H3,(H,25,26,34)/t15-/m1/s1. The predicted octanol–water partition coefficient (Wildman–Crippen LogP) is 3.43. The molecule has 0 aliphatic heterocycles. The van der Waals surface area contributed by atoms with Crippen molar-refractivity contribution in [1.29, 1.82) is 0 Å². The van der Waals surface area contributed by atoms with Gasteiger partial charge in [0.1, 0.15) is 17.3 Å². The summed E-state index contributed by atoms with van der Waals surface area (Å²) in [7, 11) is 0. The third-order valence-electron chi connectivity index (χ3n) is 5.37. The highest BCUT2D eigenvalue weighted by atomic mass is 19.1. The lowest BCUT2D eigenvalue weighted by atomic mass is 10.0. The molecule has 0 spiro atoms. The normalized spacial score (nSPS) is 12.2. The number of benzene rings is 1. The third-order valence-corrected chi connectivity index (χ3v) is 5.37. The van der Waals surface area contributed by atoms with Gasteiger partial charge in [0.25, 0.3) is 5.91 Å². The molecule has 0 aliphatic rings. The minimum absolute atomic E-state index is 0.120. The van der Waals surface area contributed by atoms with Crippen molar-refractivity contribution in [2.75, 3.05) is 11.9 Å². The fourth-order valence-electron chi connectivity index (χ4n) is 3.44. The van der Waals surface area contributed by atoms with E-state index in [0.717, 1.165) is 0 Å². The molecule has 176 valence electrons. The topological polar surface area (TPSA) is 124 Å². The first-order valence-electron chi connectivity index (χ1n) is 10.8. The summed E-state index contributed by atoms with van der Waals surface area (Å²) in [5.74, 6) is -0.740. The lowest BCUT2D eigenvalue weighted by Gasteiger charge is -2.12. The van der Waals surface area contributed by atoms with Crippen LogP contribution in [0.15, 0.2) is 42.6 Å². The molecule has 4 rings (SSSR count). The van der Waals surface area contributed by atoms with Crippen LogP contribution in [0, 0.1) is 12.7 Å². The van der Waals surface area contributed by atoms with Gasteiger partial charge in [0.15, 0.2) is 0 Å². The van der Waals surface area contributed by atoms with Gasteiger partial charge in [-0.1, -0.05) is 6.07 Å². The maximum Gasteiger partial charge on any atom is 0.259 e. The maximum atomic E-state index is 14.8. The van der Waals surface area contributed by atoms with Crippen LogP contribution in [0.1, 0.15) is 48.8 Å². The van der Waals surface area contributed by atoms with Crippen molar-refractivity contribution >= 4 is 11.7 Å². The van der Waals surface area contributed by atoms with Gasteiger partial charge >= 0.3 is 0 Å². The van der Waals surface area contributed by atoms with Gasteiger partial charge in [0, 0.05) is 17.8 Å². The third kappa shape index (κ3) is 4.55. The van der Waals surface area contributed by atoms with Gasteiger partial charge < -0.3 is 10.4 Å². The Morgan fingerprint density at radius 1 is 1.18 bits per heavy atom. The number of aliphatic hydroxyl groups is 1. The average Bonchev–Trinajstić information content (AvgIpc) is 3.49. The van der Waals surface area contributed by atoms with Crippen LogP contribution in [-0.4, -0.2) is 52.6 Å². The van der Waals surface area contributed by atoms with Crippen LogP contribution < -0.4 is 5.32 Å². The minimum atomic E-state index is -0.644. The van der Waals surface area contributed by atoms with Crippen LogP contribution in [0.2, 0.25) is 0 Å². The number of tetrazole rings is 1. The number of aliphatic hydroxyl groups excluding tert-OH is 1. The average molecular weight is 465 g/mol. The second-order valence-corrected chi connectivity index (χ2v) is 8.26. The first-order chi connectivity index (χ1) is 16.3. The molecule has 3 heterocycles. The number of hydrogen-bond acceptors (Lipinski definition) is 7. The Morgan fingerprint density at radius 2 is 1.97 bits per heavy atom. The van der Waals surface area contributed by atoms with Crippen molar-refractivity contribution in [3.05, 3.63) is 59.5 Å². The summed E-state index contributed by atoms with van der Waals surface area (Å²) in [5.41, 5.74) is 2.28. The zero-order valence-corrected chi connectivity index (χ0v) is 19.3. The van der Waals surface area contributed by atoms with Crippen LogP contribution in [0.4, 0.5) is 10.2 Å². The molecule has 0 unspecified atom stereocenters. The Kier molecular flexibility index (Phi) is 6.46. The Labute approximate surface area is 195 Å². The number of pyridine rings is 1. The van der Waals surface area contributed by atoms with E-state index in [9.17, 15) is 14.3 Å². The van der Waals surface area contributed by atoms with Gasteiger partial charge in [-0.25, -0.2) is 14.1 Å². The number of hydrogen-bond donors (Lipinski definition) is 2. The van der Waals surface area contributed by atoms with Crippen molar-refractivity contribution in [1.82, 2.24) is 35.0 Å². The van der Waals surface area contributed by atoms with E-state index in [1.165, 1.54) is 16.8 Å². The number of anilines is 1. The number of carbonyl (C=O) groups excluding carboxylic acids is 1. The SMILES string of the molecule is Cc1cc(F)c(C(=O)Nc2cccc(-c3nnnn3[C@H](C)CO)n2)cc1-c1ccn(C(C)C)n1. The largest absolute Gasteiger partial charge is 0.394 e. The van der Waals surface area contributed by atoms with E-state index in [4.69, 9.17) is 0 Å². The van der Waals surface area contributed by atoms with Gasteiger partial charge in [-0.3, -0.25) is 9.48 Å². The molecule has 1 amide bonds. The number of aromatic nitrogens is 7. The van der Waals surface area contributed by atoms with Crippen LogP contribution in [0.5, 0.6) is 0 Å². The molecule has 10 nitrogen and oxygen atoms in total. The summed E-state index contributed by atoms with van der Waals surface area (Å²) < 4.78 is 18.0. The molecule has 4 aromatic rings. The van der Waals surface area contributed by atoms with Crippen LogP contribution in [0.3, 0.4) is 0 Å². The molecular weight excluding hydrogens is 439 g/mol. The minimum Gasteiger partial charge on any atom is -0.394 e. The molecule has 34 heavy (non-hydrogen) atoms. The number of carbonyl (C=O) groups is 1. The highest BCUT2D eigenvalue weighted by molar-refractivity contribution is 6.04. The predicted molar refractivity (Wildman–Crippen MR) is 124 cm³/mol. The van der Waals surface area contributed by atoms with Gasteiger partial charge in [-0.15, -0.1) is 5.10 Å². The number of amides is 1. The van der Waals surface area contributed by atoms with Crippen molar-refractivity contribution < 1.29 is 14.3 Å². The van der Waals surface area contributed by atoms with Crippen molar-refractivity contribution in [3.63, 3.8) is 0 Å². The Balaban J connectivity index is 1.62. The van der Waals surface area contributed by atoms with E-state index in [2.05, 4.69) is 30.9 Å². The van der Waals surface area contributed by atoms with Gasteiger partial charge in [0.2, 0.25) is 5.82 Å². The molecule has 3 aromatic heterocycles. The zero-order chi connectivity index (χ0) is 24.4. The second-order valence-electron chi connectivity index (χ2n) is 8.26. The quantitative estimate of drug-likeness (QED) is 0.429. The van der Waals surface area contributed by atoms with E-state index in [1.807, 2.05) is 26.1 Å². The summed E-state index contributed by atoms with van der Waals surface area (Å²) in [5, 5.41) is 28.1. The summed E-state index contributed by atoms with van der Waals surface area (Å²) in [6.45, 7) is 7.40. The summed E-state index contributed by atoms with van der Waals surface area (Å²) >= 11 is 0. The number of aryl methyl sites for hydroxylation is 1. The lowest BCUT2D eigenvalue weighted by Crippen LogP contribution is -2.16. The lowest BCUT2D eigenvalue weighted by molar-refractivity contribution is 0.102. The molecule has 0 saturated heterocycles. The van der Waals surface area contributed by atoms with E-state index >= 15 is 0 Å². The molecule has 2 N–H and O–H groups in total. The summed E-state index contributed by atoms with van der Waals surface area (Å²) in [6.07, 6.45) is 1.85. The highest BCUT2D eigenvalue weighted by Gasteiger charge is 2.19. The van der Waals surface area contributed by atoms with Crippen molar-refractivity contribution in [3.8, 4) is 22.8 Å². The molecule has 11 heteroatoms. The maximum absolute atomic E-state index is 14.8. The first-order valence-corrected chi connectivity index (χ1v) is 10.8. The smallest absolute Gasteiger partial charge is 0.259 e. The van der Waals surface area contributed by atoms with Crippen molar-refractivity contribution in [2.24, 2.45) is 0 Å².